The number of carbonyl (C=O) groups is 2. The van der Waals surface area contributed by atoms with E-state index in [0.717, 1.165) is 27.8 Å². The highest BCUT2D eigenvalue weighted by molar-refractivity contribution is 6.31. The fourth-order valence-corrected chi connectivity index (χ4v) is 4.29. The number of rotatable bonds is 9. The molecule has 1 unspecified atom stereocenters. The van der Waals surface area contributed by atoms with Gasteiger partial charge in [0.2, 0.25) is 0 Å². The monoisotopic (exact) mass is 503 g/mol. The number of halogens is 1. The fourth-order valence-electron chi connectivity index (χ4n) is 4.00. The molecule has 1 aromatic heterocycles. The van der Waals surface area contributed by atoms with E-state index < -0.39 is 18.0 Å². The number of hydrogen-bond acceptors (Lipinski definition) is 5. The smallest absolute Gasteiger partial charge is 0.311 e. The summed E-state index contributed by atoms with van der Waals surface area (Å²) in [5.41, 5.74) is 5.88. The van der Waals surface area contributed by atoms with E-state index in [9.17, 15) is 9.59 Å². The number of aromatic nitrogens is 1. The maximum atomic E-state index is 12.7. The molecule has 36 heavy (non-hydrogen) atoms. The number of benzene rings is 3. The van der Waals surface area contributed by atoms with Gasteiger partial charge in [-0.3, -0.25) is 9.59 Å². The van der Waals surface area contributed by atoms with Crippen molar-refractivity contribution in [2.75, 3.05) is 0 Å². The van der Waals surface area contributed by atoms with Crippen LogP contribution in [0.4, 0.5) is 0 Å². The zero-order valence-electron chi connectivity index (χ0n) is 20.0. The van der Waals surface area contributed by atoms with Crippen LogP contribution in [0.3, 0.4) is 0 Å². The zero-order valence-corrected chi connectivity index (χ0v) is 20.8. The highest BCUT2D eigenvalue weighted by atomic mass is 35.5. The van der Waals surface area contributed by atoms with Crippen molar-refractivity contribution in [3.63, 3.8) is 0 Å². The fraction of sp³-hybridized carbons (Fsp3) is 0.207. The Morgan fingerprint density at radius 3 is 2.22 bits per heavy atom. The van der Waals surface area contributed by atoms with Crippen molar-refractivity contribution in [2.45, 2.75) is 39.2 Å². The summed E-state index contributed by atoms with van der Waals surface area (Å²) in [5, 5.41) is 13.5. The van der Waals surface area contributed by atoms with Gasteiger partial charge in [-0.1, -0.05) is 83.5 Å². The number of hydrogen-bond donors (Lipinski definition) is 1. The lowest BCUT2D eigenvalue weighted by atomic mass is 9.99. The van der Waals surface area contributed by atoms with Crippen LogP contribution in [0.2, 0.25) is 5.02 Å². The number of aryl methyl sites for hydroxylation is 2. The highest BCUT2D eigenvalue weighted by Gasteiger charge is 2.21. The third-order valence-corrected chi connectivity index (χ3v) is 6.36. The number of carboxylic acids is 1. The van der Waals surface area contributed by atoms with Crippen molar-refractivity contribution >= 4 is 23.5 Å². The first-order chi connectivity index (χ1) is 17.3. The molecule has 7 heteroatoms. The van der Waals surface area contributed by atoms with E-state index in [2.05, 4.69) is 5.16 Å². The molecule has 0 bridgehead atoms. The molecule has 1 N–H and O–H groups in total. The van der Waals surface area contributed by atoms with Crippen molar-refractivity contribution in [2.24, 2.45) is 0 Å². The van der Waals surface area contributed by atoms with Gasteiger partial charge in [-0.05, 0) is 43.0 Å². The van der Waals surface area contributed by atoms with Crippen LogP contribution in [-0.4, -0.2) is 22.2 Å². The van der Waals surface area contributed by atoms with Gasteiger partial charge in [0, 0.05) is 28.1 Å². The van der Waals surface area contributed by atoms with Gasteiger partial charge in [0.1, 0.15) is 6.10 Å². The summed E-state index contributed by atoms with van der Waals surface area (Å²) in [6.07, 6.45) is 0.157. The van der Waals surface area contributed by atoms with E-state index in [1.54, 1.807) is 19.9 Å². The Bertz CT molecular complexity index is 1360. The summed E-state index contributed by atoms with van der Waals surface area (Å²) in [5.74, 6) is -0.667. The minimum absolute atomic E-state index is 0.0268. The molecule has 0 amide bonds. The van der Waals surface area contributed by atoms with Crippen LogP contribution in [0.25, 0.3) is 22.5 Å². The molecule has 0 saturated heterocycles. The molecule has 0 fully saturated rings. The number of aliphatic carboxylic acids is 1. The minimum atomic E-state index is -0.806. The zero-order chi connectivity index (χ0) is 25.7. The van der Waals surface area contributed by atoms with Crippen LogP contribution >= 0.6 is 11.6 Å². The molecule has 0 aliphatic carbocycles. The summed E-state index contributed by atoms with van der Waals surface area (Å²) in [6.45, 7) is 3.59. The van der Waals surface area contributed by atoms with Gasteiger partial charge in [-0.2, -0.15) is 0 Å². The molecule has 184 valence electrons. The Balaban J connectivity index is 1.46. The largest absolute Gasteiger partial charge is 0.481 e. The second-order valence-electron chi connectivity index (χ2n) is 8.57. The quantitative estimate of drug-likeness (QED) is 0.252. The van der Waals surface area contributed by atoms with Gasteiger partial charge in [0.25, 0.3) is 0 Å². The van der Waals surface area contributed by atoms with Gasteiger partial charge in [-0.15, -0.1) is 0 Å². The van der Waals surface area contributed by atoms with E-state index in [1.807, 2.05) is 66.7 Å². The molecule has 4 rings (SSSR count). The van der Waals surface area contributed by atoms with E-state index >= 15 is 0 Å². The Morgan fingerprint density at radius 2 is 1.58 bits per heavy atom. The predicted molar refractivity (Wildman–Crippen MR) is 138 cm³/mol. The molecule has 3 aromatic carbocycles. The Morgan fingerprint density at radius 1 is 0.972 bits per heavy atom. The van der Waals surface area contributed by atoms with Crippen molar-refractivity contribution in [1.82, 2.24) is 5.16 Å². The highest BCUT2D eigenvalue weighted by Crippen LogP contribution is 2.31. The first-order valence-electron chi connectivity index (χ1n) is 11.6. The summed E-state index contributed by atoms with van der Waals surface area (Å²) in [6, 6.07) is 22.9. The summed E-state index contributed by atoms with van der Waals surface area (Å²) in [4.78, 5) is 23.5. The van der Waals surface area contributed by atoms with E-state index in [4.69, 9.17) is 26.0 Å². The lowest BCUT2D eigenvalue weighted by Crippen LogP contribution is -2.12. The molecule has 4 aromatic rings. The van der Waals surface area contributed by atoms with E-state index in [-0.39, 0.29) is 12.8 Å². The number of carboxylic acid groups (broad SMARTS) is 1. The van der Waals surface area contributed by atoms with Crippen molar-refractivity contribution < 1.29 is 24.0 Å². The Labute approximate surface area is 214 Å². The average molecular weight is 504 g/mol. The number of ether oxygens (including phenoxy) is 1. The van der Waals surface area contributed by atoms with Crippen LogP contribution in [0.15, 0.2) is 77.3 Å². The normalized spacial score (nSPS) is 11.8. The van der Waals surface area contributed by atoms with Gasteiger partial charge in [-0.25, -0.2) is 0 Å². The van der Waals surface area contributed by atoms with Crippen molar-refractivity contribution in [1.29, 1.82) is 0 Å². The summed E-state index contributed by atoms with van der Waals surface area (Å²) < 4.78 is 11.2. The van der Waals surface area contributed by atoms with Gasteiger partial charge < -0.3 is 14.4 Å². The maximum Gasteiger partial charge on any atom is 0.311 e. The molecule has 0 aliphatic rings. The Hall–Kier alpha value is -3.90. The SMILES string of the molecule is Cc1noc(-c2ccc(-c3ccc(CCC(=O)O)cc3)cc2)c1CC(=O)OC(C)c1ccccc1Cl. The first kappa shape index (κ1) is 25.2. The maximum absolute atomic E-state index is 12.7. The van der Waals surface area contributed by atoms with Crippen molar-refractivity contribution in [3.8, 4) is 22.5 Å². The first-order valence-corrected chi connectivity index (χ1v) is 12.0. The Kier molecular flexibility index (Phi) is 7.86. The standard InChI is InChI=1S/C29H26ClNO5/c1-18-25(17-28(34)35-19(2)24-5-3-4-6-26(24)30)29(36-31-18)23-14-12-22(13-15-23)21-10-7-20(8-11-21)9-16-27(32)33/h3-8,10-15,19H,9,16-17H2,1-2H3,(H,32,33). The third kappa shape index (κ3) is 6.01. The van der Waals surface area contributed by atoms with Gasteiger partial charge >= 0.3 is 11.9 Å². The molecule has 6 nitrogen and oxygen atoms in total. The van der Waals surface area contributed by atoms with Crippen LogP contribution < -0.4 is 0 Å². The molecule has 0 spiro atoms. The molecular weight excluding hydrogens is 478 g/mol. The van der Waals surface area contributed by atoms with Crippen molar-refractivity contribution in [3.05, 3.63) is 100 Å². The molecule has 0 saturated carbocycles. The van der Waals surface area contributed by atoms with Crippen LogP contribution in [0, 0.1) is 6.92 Å². The predicted octanol–water partition coefficient (Wildman–Crippen LogP) is 6.83. The van der Waals surface area contributed by atoms with Crippen LogP contribution in [0.1, 0.15) is 41.8 Å². The van der Waals surface area contributed by atoms with Crippen LogP contribution in [-0.2, 0) is 27.2 Å². The lowest BCUT2D eigenvalue weighted by molar-refractivity contribution is -0.147. The summed E-state index contributed by atoms with van der Waals surface area (Å²) in [7, 11) is 0. The number of carbonyl (C=O) groups excluding carboxylic acids is 1. The van der Waals surface area contributed by atoms with Gasteiger partial charge in [0.15, 0.2) is 5.76 Å². The summed E-state index contributed by atoms with van der Waals surface area (Å²) >= 11 is 6.23. The second-order valence-corrected chi connectivity index (χ2v) is 8.98. The molecular formula is C29H26ClNO5. The number of nitrogens with zero attached hydrogens (tertiary/aromatic N) is 1. The average Bonchev–Trinajstić information content (AvgIpc) is 3.23. The second kappa shape index (κ2) is 11.2. The number of esters is 1. The van der Waals surface area contributed by atoms with E-state index in [1.165, 1.54) is 0 Å². The third-order valence-electron chi connectivity index (χ3n) is 6.02. The van der Waals surface area contributed by atoms with Crippen LogP contribution in [0.5, 0.6) is 0 Å². The van der Waals surface area contributed by atoms with E-state index in [0.29, 0.717) is 28.5 Å². The lowest BCUT2D eigenvalue weighted by Gasteiger charge is -2.15. The molecule has 1 atom stereocenters. The molecule has 0 radical (unpaired) electrons. The molecule has 1 heterocycles. The van der Waals surface area contributed by atoms with Gasteiger partial charge in [0.05, 0.1) is 12.1 Å². The minimum Gasteiger partial charge on any atom is -0.481 e. The topological polar surface area (TPSA) is 89.6 Å². The molecule has 0 aliphatic heterocycles.